The van der Waals surface area contributed by atoms with Crippen molar-refractivity contribution in [2.45, 2.75) is 12.1 Å². The number of nitrogens with zero attached hydrogens (tertiary/aromatic N) is 3. The SMILES string of the molecule is CO[C@@H]1CN(C(=O)CCl)C[C@H]1n1ccnc1. The average molecular weight is 244 g/mol. The van der Waals surface area contributed by atoms with Crippen LogP contribution in [0.3, 0.4) is 0 Å². The Kier molecular flexibility index (Phi) is 3.46. The highest BCUT2D eigenvalue weighted by Crippen LogP contribution is 2.24. The summed E-state index contributed by atoms with van der Waals surface area (Å²) in [4.78, 5) is 17.2. The number of carbonyl (C=O) groups is 1. The van der Waals surface area contributed by atoms with Gasteiger partial charge < -0.3 is 14.2 Å². The van der Waals surface area contributed by atoms with Crippen LogP contribution in [0, 0.1) is 0 Å². The summed E-state index contributed by atoms with van der Waals surface area (Å²) in [6.45, 7) is 1.21. The van der Waals surface area contributed by atoms with E-state index in [2.05, 4.69) is 4.98 Å². The first-order chi connectivity index (χ1) is 7.76. The zero-order valence-electron chi connectivity index (χ0n) is 9.04. The lowest BCUT2D eigenvalue weighted by Crippen LogP contribution is -2.30. The Hall–Kier alpha value is -1.07. The Bertz CT molecular complexity index is 355. The van der Waals surface area contributed by atoms with Crippen molar-refractivity contribution in [3.05, 3.63) is 18.7 Å². The van der Waals surface area contributed by atoms with Crippen molar-refractivity contribution < 1.29 is 9.53 Å². The highest BCUT2D eigenvalue weighted by Gasteiger charge is 2.35. The van der Waals surface area contributed by atoms with Crippen molar-refractivity contribution in [1.29, 1.82) is 0 Å². The van der Waals surface area contributed by atoms with Crippen LogP contribution < -0.4 is 0 Å². The lowest BCUT2D eigenvalue weighted by Gasteiger charge is -2.17. The van der Waals surface area contributed by atoms with Crippen LogP contribution in [0.25, 0.3) is 0 Å². The van der Waals surface area contributed by atoms with Crippen LogP contribution in [0.15, 0.2) is 18.7 Å². The summed E-state index contributed by atoms with van der Waals surface area (Å²) in [6.07, 6.45) is 5.34. The molecule has 2 atom stereocenters. The number of alkyl halides is 1. The van der Waals surface area contributed by atoms with Gasteiger partial charge >= 0.3 is 0 Å². The first-order valence-electron chi connectivity index (χ1n) is 5.10. The zero-order valence-corrected chi connectivity index (χ0v) is 9.80. The van der Waals surface area contributed by atoms with Crippen LogP contribution in [0.4, 0.5) is 0 Å². The van der Waals surface area contributed by atoms with Gasteiger partial charge in [-0.2, -0.15) is 0 Å². The van der Waals surface area contributed by atoms with E-state index in [1.165, 1.54) is 0 Å². The Morgan fingerprint density at radius 1 is 1.62 bits per heavy atom. The first kappa shape index (κ1) is 11.4. The molecule has 1 aliphatic heterocycles. The summed E-state index contributed by atoms with van der Waals surface area (Å²) in [7, 11) is 1.66. The van der Waals surface area contributed by atoms with Crippen molar-refractivity contribution in [2.75, 3.05) is 26.1 Å². The van der Waals surface area contributed by atoms with Gasteiger partial charge in [0.05, 0.1) is 18.5 Å². The Morgan fingerprint density at radius 3 is 3.00 bits per heavy atom. The minimum Gasteiger partial charge on any atom is -0.377 e. The molecule has 1 aromatic heterocycles. The van der Waals surface area contributed by atoms with Crippen molar-refractivity contribution >= 4 is 17.5 Å². The summed E-state index contributed by atoms with van der Waals surface area (Å²) < 4.78 is 7.35. The topological polar surface area (TPSA) is 47.4 Å². The maximum atomic E-state index is 11.5. The van der Waals surface area contributed by atoms with E-state index in [-0.39, 0.29) is 23.9 Å². The van der Waals surface area contributed by atoms with Gasteiger partial charge in [0, 0.05) is 32.6 Å². The molecular weight excluding hydrogens is 230 g/mol. The van der Waals surface area contributed by atoms with Gasteiger partial charge in [-0.15, -0.1) is 11.6 Å². The fourth-order valence-electron chi connectivity index (χ4n) is 2.03. The van der Waals surface area contributed by atoms with Gasteiger partial charge in [-0.05, 0) is 0 Å². The standard InChI is InChI=1S/C10H14ClN3O2/c1-16-9-6-14(10(15)4-11)5-8(9)13-3-2-12-7-13/h2-3,7-9H,4-6H2,1H3/t8-,9-/m1/s1. The second-order valence-corrected chi connectivity index (χ2v) is 4.05. The molecular formula is C10H14ClN3O2. The van der Waals surface area contributed by atoms with E-state index in [4.69, 9.17) is 16.3 Å². The molecule has 0 saturated carbocycles. The normalized spacial score (nSPS) is 25.0. The van der Waals surface area contributed by atoms with E-state index >= 15 is 0 Å². The van der Waals surface area contributed by atoms with E-state index in [1.54, 1.807) is 24.5 Å². The molecule has 88 valence electrons. The maximum Gasteiger partial charge on any atom is 0.237 e. The number of imidazole rings is 1. The van der Waals surface area contributed by atoms with Crippen LogP contribution in [0.2, 0.25) is 0 Å². The van der Waals surface area contributed by atoms with Gasteiger partial charge in [0.1, 0.15) is 5.88 Å². The van der Waals surface area contributed by atoms with Crippen molar-refractivity contribution in [3.8, 4) is 0 Å². The molecule has 0 radical (unpaired) electrons. The lowest BCUT2D eigenvalue weighted by atomic mass is 10.2. The summed E-state index contributed by atoms with van der Waals surface area (Å²) in [5.41, 5.74) is 0. The molecule has 5 nitrogen and oxygen atoms in total. The first-order valence-corrected chi connectivity index (χ1v) is 5.63. The lowest BCUT2D eigenvalue weighted by molar-refractivity contribution is -0.127. The van der Waals surface area contributed by atoms with E-state index in [0.717, 1.165) is 0 Å². The van der Waals surface area contributed by atoms with Crippen LogP contribution in [-0.2, 0) is 9.53 Å². The van der Waals surface area contributed by atoms with Crippen molar-refractivity contribution in [3.63, 3.8) is 0 Å². The third kappa shape index (κ3) is 2.05. The predicted octanol–water partition coefficient (Wildman–Crippen LogP) is 0.520. The predicted molar refractivity (Wildman–Crippen MR) is 59.4 cm³/mol. The summed E-state index contributed by atoms with van der Waals surface area (Å²) in [6, 6.07) is 0.125. The molecule has 2 rings (SSSR count). The highest BCUT2D eigenvalue weighted by molar-refractivity contribution is 6.27. The molecule has 0 aromatic carbocycles. The van der Waals surface area contributed by atoms with E-state index in [0.29, 0.717) is 13.1 Å². The number of ether oxygens (including phenoxy) is 1. The van der Waals surface area contributed by atoms with Crippen LogP contribution in [0.1, 0.15) is 6.04 Å². The number of amides is 1. The van der Waals surface area contributed by atoms with Gasteiger partial charge in [0.15, 0.2) is 0 Å². The average Bonchev–Trinajstić information content (AvgIpc) is 2.95. The number of carbonyl (C=O) groups excluding carboxylic acids is 1. The zero-order chi connectivity index (χ0) is 11.5. The molecule has 0 spiro atoms. The molecule has 0 N–H and O–H groups in total. The molecule has 16 heavy (non-hydrogen) atoms. The number of halogens is 1. The van der Waals surface area contributed by atoms with E-state index in [9.17, 15) is 4.79 Å². The number of likely N-dealkylation sites (tertiary alicyclic amines) is 1. The monoisotopic (exact) mass is 243 g/mol. The number of hydrogen-bond donors (Lipinski definition) is 0. The molecule has 1 amide bonds. The second-order valence-electron chi connectivity index (χ2n) is 3.78. The fraction of sp³-hybridized carbons (Fsp3) is 0.600. The fourth-order valence-corrected chi connectivity index (χ4v) is 2.20. The third-order valence-electron chi connectivity index (χ3n) is 2.91. The quantitative estimate of drug-likeness (QED) is 0.728. The van der Waals surface area contributed by atoms with Gasteiger partial charge in [-0.25, -0.2) is 4.98 Å². The van der Waals surface area contributed by atoms with Crippen molar-refractivity contribution in [2.24, 2.45) is 0 Å². The van der Waals surface area contributed by atoms with E-state index < -0.39 is 0 Å². The van der Waals surface area contributed by atoms with Gasteiger partial charge in [-0.3, -0.25) is 4.79 Å². The molecule has 0 aliphatic carbocycles. The summed E-state index contributed by atoms with van der Waals surface area (Å²) in [5.74, 6) is -0.0288. The molecule has 0 bridgehead atoms. The minimum atomic E-state index is -0.0497. The van der Waals surface area contributed by atoms with E-state index in [1.807, 2.05) is 10.8 Å². The summed E-state index contributed by atoms with van der Waals surface area (Å²) >= 11 is 5.54. The van der Waals surface area contributed by atoms with Crippen LogP contribution in [0.5, 0.6) is 0 Å². The van der Waals surface area contributed by atoms with Crippen LogP contribution in [-0.4, -0.2) is 52.5 Å². The van der Waals surface area contributed by atoms with Gasteiger partial charge in [0.2, 0.25) is 5.91 Å². The minimum absolute atomic E-state index is 0.00127. The van der Waals surface area contributed by atoms with Gasteiger partial charge in [0.25, 0.3) is 0 Å². The molecule has 1 fully saturated rings. The number of rotatable bonds is 3. The Labute approximate surface area is 99.0 Å². The number of hydrogen-bond acceptors (Lipinski definition) is 3. The molecule has 1 saturated heterocycles. The number of aromatic nitrogens is 2. The largest absolute Gasteiger partial charge is 0.377 e. The number of methoxy groups -OCH3 is 1. The van der Waals surface area contributed by atoms with Crippen molar-refractivity contribution in [1.82, 2.24) is 14.5 Å². The second kappa shape index (κ2) is 4.84. The Balaban J connectivity index is 2.11. The Morgan fingerprint density at radius 2 is 2.44 bits per heavy atom. The summed E-state index contributed by atoms with van der Waals surface area (Å²) in [5, 5.41) is 0. The molecule has 6 heteroatoms. The van der Waals surface area contributed by atoms with Crippen LogP contribution >= 0.6 is 11.6 Å². The molecule has 2 heterocycles. The smallest absolute Gasteiger partial charge is 0.237 e. The molecule has 0 unspecified atom stereocenters. The maximum absolute atomic E-state index is 11.5. The molecule has 1 aliphatic rings. The van der Waals surface area contributed by atoms with Gasteiger partial charge in [-0.1, -0.05) is 0 Å². The molecule has 1 aromatic rings. The highest BCUT2D eigenvalue weighted by atomic mass is 35.5. The third-order valence-corrected chi connectivity index (χ3v) is 3.14.